The van der Waals surface area contributed by atoms with Gasteiger partial charge in [0.15, 0.2) is 11.6 Å². The Hall–Kier alpha value is -3.70. The van der Waals surface area contributed by atoms with E-state index in [0.717, 1.165) is 27.0 Å². The van der Waals surface area contributed by atoms with Crippen LogP contribution in [-0.2, 0) is 0 Å². The zero-order valence-electron chi connectivity index (χ0n) is 18.2. The van der Waals surface area contributed by atoms with Crippen molar-refractivity contribution in [2.24, 2.45) is 0 Å². The highest BCUT2D eigenvalue weighted by Crippen LogP contribution is 2.39. The van der Waals surface area contributed by atoms with Gasteiger partial charge >= 0.3 is 0 Å². The first-order chi connectivity index (χ1) is 15.9. The predicted molar refractivity (Wildman–Crippen MR) is 136 cm³/mol. The van der Waals surface area contributed by atoms with E-state index in [-0.39, 0.29) is 11.6 Å². The molecule has 0 unspecified atom stereocenters. The van der Waals surface area contributed by atoms with Crippen LogP contribution in [0.3, 0.4) is 0 Å². The molecule has 5 rings (SSSR count). The Kier molecular flexibility index (Phi) is 5.35. The molecule has 0 saturated carbocycles. The molecular weight excluding hydrogens is 476 g/mol. The highest BCUT2D eigenvalue weighted by Gasteiger charge is 2.34. The van der Waals surface area contributed by atoms with E-state index in [4.69, 9.17) is 0 Å². The van der Waals surface area contributed by atoms with E-state index < -0.39 is 0 Å². The lowest BCUT2D eigenvalue weighted by molar-refractivity contribution is 0.0980. The third-order valence-corrected chi connectivity index (χ3v) is 6.46. The monoisotopic (exact) mass is 496 g/mol. The van der Waals surface area contributed by atoms with Gasteiger partial charge in [-0.15, -0.1) is 0 Å². The van der Waals surface area contributed by atoms with Crippen LogP contribution < -0.4 is 10.6 Å². The maximum atomic E-state index is 13.6. The Bertz CT molecular complexity index is 1420. The first-order valence-corrected chi connectivity index (χ1v) is 11.4. The highest BCUT2D eigenvalue weighted by molar-refractivity contribution is 9.10. The zero-order valence-corrected chi connectivity index (χ0v) is 19.8. The molecule has 5 heteroatoms. The van der Waals surface area contributed by atoms with Gasteiger partial charge in [0, 0.05) is 21.3 Å². The molecule has 0 bridgehead atoms. The molecular formula is C28H21BrN2O2. The third-order valence-electron chi connectivity index (χ3n) is 5.80. The van der Waals surface area contributed by atoms with Crippen LogP contribution >= 0.6 is 15.9 Å². The number of halogens is 1. The van der Waals surface area contributed by atoms with Crippen LogP contribution in [0.15, 0.2) is 83.3 Å². The summed E-state index contributed by atoms with van der Waals surface area (Å²) in [6.07, 6.45) is 0. The summed E-state index contributed by atoms with van der Waals surface area (Å²) in [7, 11) is 0. The number of hydrogen-bond donors (Lipinski definition) is 2. The van der Waals surface area contributed by atoms with Gasteiger partial charge in [-0.1, -0.05) is 48.0 Å². The summed E-state index contributed by atoms with van der Waals surface area (Å²) in [5.74, 6) is -0.333. The number of rotatable bonds is 4. The van der Waals surface area contributed by atoms with Crippen molar-refractivity contribution in [2.45, 2.75) is 13.8 Å². The molecule has 0 fully saturated rings. The number of nitrogens with one attached hydrogen (secondary N) is 2. The Morgan fingerprint density at radius 3 is 1.70 bits per heavy atom. The smallest absolute Gasteiger partial charge is 0.196 e. The summed E-state index contributed by atoms with van der Waals surface area (Å²) in [6.45, 7) is 4.04. The molecule has 0 aliphatic heterocycles. The molecule has 0 aromatic heterocycles. The molecule has 4 aromatic rings. The second kappa shape index (κ2) is 8.34. The summed E-state index contributed by atoms with van der Waals surface area (Å²) in [6, 6.07) is 24.6. The fraction of sp³-hybridized carbons (Fsp3) is 0.0714. The van der Waals surface area contributed by atoms with Crippen molar-refractivity contribution in [3.8, 4) is 0 Å². The second-order valence-corrected chi connectivity index (χ2v) is 9.07. The van der Waals surface area contributed by atoms with Gasteiger partial charge in [0.2, 0.25) is 0 Å². The topological polar surface area (TPSA) is 58.2 Å². The van der Waals surface area contributed by atoms with Gasteiger partial charge in [-0.25, -0.2) is 0 Å². The van der Waals surface area contributed by atoms with Crippen LogP contribution in [0, 0.1) is 13.8 Å². The van der Waals surface area contributed by atoms with Gasteiger partial charge in [0.05, 0.1) is 28.2 Å². The maximum Gasteiger partial charge on any atom is 0.196 e. The average Bonchev–Trinajstić information content (AvgIpc) is 2.81. The molecule has 33 heavy (non-hydrogen) atoms. The van der Waals surface area contributed by atoms with Gasteiger partial charge in [-0.2, -0.15) is 0 Å². The van der Waals surface area contributed by atoms with Crippen LogP contribution in [-0.4, -0.2) is 11.6 Å². The largest absolute Gasteiger partial charge is 0.355 e. The Morgan fingerprint density at radius 1 is 0.606 bits per heavy atom. The van der Waals surface area contributed by atoms with Crippen molar-refractivity contribution in [1.29, 1.82) is 0 Å². The number of aryl methyl sites for hydroxylation is 2. The Balaban J connectivity index is 1.67. The Morgan fingerprint density at radius 2 is 1.12 bits per heavy atom. The molecule has 4 aromatic carbocycles. The standard InChI is InChI=1S/C28H21BrN2O2/c1-16-7-10-18(11-8-16)30-23-13-14-24(31-22-12-9-17(2)15-21(22)29)26-25(23)27(32)19-5-3-4-6-20(19)28(26)33/h3-15,30-31H,1-2H3. The van der Waals surface area contributed by atoms with Crippen LogP contribution in [0.5, 0.6) is 0 Å². The van der Waals surface area contributed by atoms with E-state index in [1.807, 2.05) is 68.4 Å². The minimum atomic E-state index is -0.168. The summed E-state index contributed by atoms with van der Waals surface area (Å²) >= 11 is 3.59. The number of anilines is 4. The molecule has 0 spiro atoms. The Labute approximate surface area is 200 Å². The van der Waals surface area contributed by atoms with Gasteiger partial charge in [0.1, 0.15) is 0 Å². The molecule has 0 amide bonds. The normalized spacial score (nSPS) is 12.2. The fourth-order valence-corrected chi connectivity index (χ4v) is 4.68. The molecule has 4 nitrogen and oxygen atoms in total. The molecule has 2 N–H and O–H groups in total. The number of hydrogen-bond acceptors (Lipinski definition) is 4. The molecule has 162 valence electrons. The summed E-state index contributed by atoms with van der Waals surface area (Å²) < 4.78 is 0.882. The molecule has 1 aliphatic rings. The quantitative estimate of drug-likeness (QED) is 0.273. The lowest BCUT2D eigenvalue weighted by Crippen LogP contribution is -2.23. The molecule has 1 aliphatic carbocycles. The van der Waals surface area contributed by atoms with Crippen molar-refractivity contribution < 1.29 is 9.59 Å². The third kappa shape index (κ3) is 3.85. The van der Waals surface area contributed by atoms with Crippen LogP contribution in [0.4, 0.5) is 22.7 Å². The highest BCUT2D eigenvalue weighted by atomic mass is 79.9. The van der Waals surface area contributed by atoms with E-state index in [9.17, 15) is 9.59 Å². The number of carbonyl (C=O) groups is 2. The van der Waals surface area contributed by atoms with E-state index >= 15 is 0 Å². The van der Waals surface area contributed by atoms with Crippen molar-refractivity contribution in [1.82, 2.24) is 0 Å². The summed E-state index contributed by atoms with van der Waals surface area (Å²) in [5, 5.41) is 6.70. The number of benzene rings is 4. The average molecular weight is 497 g/mol. The van der Waals surface area contributed by atoms with E-state index in [1.165, 1.54) is 0 Å². The fourth-order valence-electron chi connectivity index (χ4n) is 4.09. The van der Waals surface area contributed by atoms with E-state index in [2.05, 4.69) is 26.6 Å². The minimum Gasteiger partial charge on any atom is -0.355 e. The van der Waals surface area contributed by atoms with Crippen molar-refractivity contribution in [3.63, 3.8) is 0 Å². The number of fused-ring (bicyclic) bond motifs is 2. The van der Waals surface area contributed by atoms with E-state index in [1.54, 1.807) is 24.3 Å². The van der Waals surface area contributed by atoms with Gasteiger partial charge < -0.3 is 10.6 Å². The molecule has 0 radical (unpaired) electrons. The summed E-state index contributed by atoms with van der Waals surface area (Å²) in [4.78, 5) is 27.2. The lowest BCUT2D eigenvalue weighted by atomic mass is 9.82. The van der Waals surface area contributed by atoms with Gasteiger partial charge in [-0.3, -0.25) is 9.59 Å². The lowest BCUT2D eigenvalue weighted by Gasteiger charge is -2.24. The van der Waals surface area contributed by atoms with Gasteiger partial charge in [-0.05, 0) is 71.7 Å². The van der Waals surface area contributed by atoms with E-state index in [0.29, 0.717) is 33.6 Å². The molecule has 0 saturated heterocycles. The predicted octanol–water partition coefficient (Wildman–Crippen LogP) is 7.33. The second-order valence-electron chi connectivity index (χ2n) is 8.21. The van der Waals surface area contributed by atoms with Crippen molar-refractivity contribution in [3.05, 3.63) is 117 Å². The number of ketones is 2. The van der Waals surface area contributed by atoms with Crippen LogP contribution in [0.25, 0.3) is 0 Å². The minimum absolute atomic E-state index is 0.165. The van der Waals surface area contributed by atoms with Gasteiger partial charge in [0.25, 0.3) is 0 Å². The first kappa shape index (κ1) is 21.2. The first-order valence-electron chi connectivity index (χ1n) is 10.6. The molecule has 0 atom stereocenters. The van der Waals surface area contributed by atoms with Crippen molar-refractivity contribution >= 4 is 50.2 Å². The van der Waals surface area contributed by atoms with Crippen LogP contribution in [0.2, 0.25) is 0 Å². The van der Waals surface area contributed by atoms with Crippen LogP contribution in [0.1, 0.15) is 43.0 Å². The van der Waals surface area contributed by atoms with Crippen molar-refractivity contribution in [2.75, 3.05) is 10.6 Å². The SMILES string of the molecule is Cc1ccc(Nc2ccc(Nc3ccc(C)cc3Br)c3c2C(=O)c2ccccc2C3=O)cc1. The summed E-state index contributed by atoms with van der Waals surface area (Å²) in [5.41, 5.74) is 6.75. The molecule has 0 heterocycles. The number of carbonyl (C=O) groups excluding carboxylic acids is 2. The maximum absolute atomic E-state index is 13.6. The zero-order chi connectivity index (χ0) is 23.1.